The second kappa shape index (κ2) is 19.9. The maximum absolute atomic E-state index is 13.2. The van der Waals surface area contributed by atoms with E-state index in [1.807, 2.05) is 26.0 Å². The van der Waals surface area contributed by atoms with Crippen LogP contribution in [0, 0.1) is 35.5 Å². The third-order valence-corrected chi connectivity index (χ3v) is 7.96. The van der Waals surface area contributed by atoms with Gasteiger partial charge in [0.05, 0.1) is 6.42 Å². The highest BCUT2D eigenvalue weighted by Crippen LogP contribution is 2.37. The van der Waals surface area contributed by atoms with Crippen LogP contribution in [0.5, 0.6) is 0 Å². The average molecular weight is 627 g/mol. The van der Waals surface area contributed by atoms with E-state index in [4.69, 9.17) is 0 Å². The van der Waals surface area contributed by atoms with E-state index in [-0.39, 0.29) is 63.9 Å². The van der Waals surface area contributed by atoms with Gasteiger partial charge in [-0.1, -0.05) is 101 Å². The molecule has 1 aliphatic carbocycles. The van der Waals surface area contributed by atoms with Crippen molar-refractivity contribution in [1.82, 2.24) is 0 Å². The lowest BCUT2D eigenvalue weighted by molar-refractivity contribution is -0.130. The van der Waals surface area contributed by atoms with Crippen molar-refractivity contribution in [2.45, 2.75) is 161 Å². The van der Waals surface area contributed by atoms with Crippen LogP contribution in [-0.4, -0.2) is 28.9 Å². The number of benzene rings is 1. The Hall–Kier alpha value is -2.43. The molecular weight excluding hydrogens is 560 g/mol. The molecule has 5 nitrogen and oxygen atoms in total. The summed E-state index contributed by atoms with van der Waals surface area (Å²) in [4.78, 5) is 60.5. The number of hydrogen-bond acceptors (Lipinski definition) is 5. The quantitative estimate of drug-likeness (QED) is 0.203. The minimum Gasteiger partial charge on any atom is -0.300 e. The van der Waals surface area contributed by atoms with Crippen molar-refractivity contribution in [3.8, 4) is 0 Å². The first kappa shape index (κ1) is 42.6. The molecular formula is C40H66O5. The molecule has 0 saturated carbocycles. The molecule has 45 heavy (non-hydrogen) atoms. The molecule has 0 radical (unpaired) electrons. The van der Waals surface area contributed by atoms with E-state index in [2.05, 4.69) is 62.3 Å². The molecule has 0 N–H and O–H groups in total. The zero-order chi connectivity index (χ0) is 35.1. The predicted molar refractivity (Wildman–Crippen MR) is 188 cm³/mol. The number of fused-ring (bicyclic) bond motifs is 1. The fraction of sp³-hybridized carbons (Fsp3) is 0.725. The third kappa shape index (κ3) is 17.2. The highest BCUT2D eigenvalue weighted by molar-refractivity contribution is 6.01. The second-order valence-corrected chi connectivity index (χ2v) is 15.8. The van der Waals surface area contributed by atoms with Gasteiger partial charge < -0.3 is 4.79 Å². The predicted octanol–water partition coefficient (Wildman–Crippen LogP) is 10.1. The molecule has 256 valence electrons. The fourth-order valence-corrected chi connectivity index (χ4v) is 6.57. The van der Waals surface area contributed by atoms with Crippen molar-refractivity contribution in [3.63, 3.8) is 0 Å². The Kier molecular flexibility index (Phi) is 18.9. The first-order valence-electron chi connectivity index (χ1n) is 17.4. The molecule has 0 saturated heterocycles. The van der Waals surface area contributed by atoms with Gasteiger partial charge in [-0.3, -0.25) is 19.2 Å². The molecule has 1 aromatic rings. The third-order valence-electron chi connectivity index (χ3n) is 7.96. The van der Waals surface area contributed by atoms with Crippen molar-refractivity contribution in [2.24, 2.45) is 28.6 Å². The summed E-state index contributed by atoms with van der Waals surface area (Å²) < 4.78 is 0. The number of carbonyl (C=O) groups excluding carboxylic acids is 5. The molecule has 0 heterocycles. The van der Waals surface area contributed by atoms with E-state index in [0.717, 1.165) is 54.4 Å². The van der Waals surface area contributed by atoms with Crippen LogP contribution < -0.4 is 0 Å². The summed E-state index contributed by atoms with van der Waals surface area (Å²) in [6.45, 7) is 25.9. The number of hydrogen-bond donors (Lipinski definition) is 0. The van der Waals surface area contributed by atoms with Crippen LogP contribution in [0.2, 0.25) is 0 Å². The average Bonchev–Trinajstić information content (AvgIpc) is 2.84. The fourth-order valence-electron chi connectivity index (χ4n) is 6.57. The highest BCUT2D eigenvalue weighted by Gasteiger charge is 2.33. The topological polar surface area (TPSA) is 85.3 Å². The normalized spacial score (nSPS) is 15.8. The molecule has 0 amide bonds. The highest BCUT2D eigenvalue weighted by atomic mass is 16.2. The van der Waals surface area contributed by atoms with E-state index in [1.165, 1.54) is 13.3 Å². The van der Waals surface area contributed by atoms with Gasteiger partial charge in [0.1, 0.15) is 23.1 Å². The van der Waals surface area contributed by atoms with Gasteiger partial charge in [-0.05, 0) is 79.4 Å². The lowest BCUT2D eigenvalue weighted by Gasteiger charge is -2.32. The second-order valence-electron chi connectivity index (χ2n) is 15.8. The molecule has 1 aromatic carbocycles. The van der Waals surface area contributed by atoms with Gasteiger partial charge in [-0.2, -0.15) is 0 Å². The number of carbonyl (C=O) groups is 5. The van der Waals surface area contributed by atoms with Crippen molar-refractivity contribution >= 4 is 28.9 Å². The van der Waals surface area contributed by atoms with E-state index in [0.29, 0.717) is 25.7 Å². The van der Waals surface area contributed by atoms with Gasteiger partial charge in [0, 0.05) is 37.2 Å². The minimum absolute atomic E-state index is 0.0149. The summed E-state index contributed by atoms with van der Waals surface area (Å²) in [5.74, 6) is 0.923. The van der Waals surface area contributed by atoms with Crippen LogP contribution in [0.3, 0.4) is 0 Å². The van der Waals surface area contributed by atoms with Crippen LogP contribution >= 0.6 is 0 Å². The largest absolute Gasteiger partial charge is 0.300 e. The van der Waals surface area contributed by atoms with Crippen LogP contribution in [0.15, 0.2) is 12.1 Å². The Morgan fingerprint density at radius 2 is 1.40 bits per heavy atom. The standard InChI is InChI=1S/C30H44O4.C7H14O.C3H8/c1-8-10-23(26(9-2)27(33)13-19(3)31)14-21-15-24-12-11-22(17-25(32)18-30(5,6)7)20(4)29(24)28(34)16-21;1-6(8)5-7(2,3)4;1-3-2/h11-12,21,23,26H,8-10,13-18H2,1-7H3;5H2,1-4H3;3H2,1-2H3. The minimum atomic E-state index is -0.113. The SMILES string of the molecule is CC(=O)CC(C)(C)C.CCC.CCCC(CC1CC(=O)c2c(ccc(CC(=O)CC(C)(C)C)c2C)C1)C(CC)C(=O)CC(C)=O. The van der Waals surface area contributed by atoms with Crippen LogP contribution in [-0.2, 0) is 32.0 Å². The van der Waals surface area contributed by atoms with Crippen molar-refractivity contribution in [2.75, 3.05) is 0 Å². The van der Waals surface area contributed by atoms with E-state index >= 15 is 0 Å². The molecule has 0 aliphatic heterocycles. The maximum Gasteiger partial charge on any atom is 0.163 e. The van der Waals surface area contributed by atoms with Crippen molar-refractivity contribution < 1.29 is 24.0 Å². The van der Waals surface area contributed by atoms with Gasteiger partial charge in [0.15, 0.2) is 5.78 Å². The first-order chi connectivity index (χ1) is 20.7. The zero-order valence-electron chi connectivity index (χ0n) is 31.2. The van der Waals surface area contributed by atoms with Gasteiger partial charge in [-0.15, -0.1) is 0 Å². The molecule has 5 heteroatoms. The lowest BCUT2D eigenvalue weighted by atomic mass is 9.71. The molecule has 3 unspecified atom stereocenters. The number of Topliss-reactive ketones (excluding diaryl/α,β-unsaturated/α-hetero) is 5. The van der Waals surface area contributed by atoms with Crippen molar-refractivity contribution in [1.29, 1.82) is 0 Å². The molecule has 0 aromatic heterocycles. The molecule has 1 aliphatic rings. The molecule has 2 rings (SSSR count). The summed E-state index contributed by atoms with van der Waals surface area (Å²) in [7, 11) is 0. The molecule has 0 spiro atoms. The monoisotopic (exact) mass is 626 g/mol. The Morgan fingerprint density at radius 3 is 1.82 bits per heavy atom. The molecule has 3 atom stereocenters. The summed E-state index contributed by atoms with van der Waals surface area (Å²) in [5.41, 5.74) is 3.93. The summed E-state index contributed by atoms with van der Waals surface area (Å²) in [6, 6.07) is 4.07. The Labute approximate surface area is 276 Å². The summed E-state index contributed by atoms with van der Waals surface area (Å²) in [5, 5.41) is 0. The van der Waals surface area contributed by atoms with Crippen LogP contribution in [0.4, 0.5) is 0 Å². The smallest absolute Gasteiger partial charge is 0.163 e. The van der Waals surface area contributed by atoms with Gasteiger partial charge in [-0.25, -0.2) is 0 Å². The van der Waals surface area contributed by atoms with E-state index < -0.39 is 0 Å². The van der Waals surface area contributed by atoms with E-state index in [9.17, 15) is 24.0 Å². The van der Waals surface area contributed by atoms with E-state index in [1.54, 1.807) is 6.92 Å². The van der Waals surface area contributed by atoms with Gasteiger partial charge in [0.25, 0.3) is 0 Å². The number of rotatable bonds is 13. The molecule has 0 bridgehead atoms. The number of ketones is 5. The van der Waals surface area contributed by atoms with Crippen LogP contribution in [0.1, 0.15) is 168 Å². The van der Waals surface area contributed by atoms with Crippen LogP contribution in [0.25, 0.3) is 0 Å². The Bertz CT molecular complexity index is 1130. The summed E-state index contributed by atoms with van der Waals surface area (Å²) >= 11 is 0. The van der Waals surface area contributed by atoms with Crippen molar-refractivity contribution in [3.05, 3.63) is 34.4 Å². The van der Waals surface area contributed by atoms with Gasteiger partial charge >= 0.3 is 0 Å². The first-order valence-corrected chi connectivity index (χ1v) is 17.4. The van der Waals surface area contributed by atoms with Gasteiger partial charge in [0.2, 0.25) is 0 Å². The lowest BCUT2D eigenvalue weighted by Crippen LogP contribution is -2.30. The Morgan fingerprint density at radius 1 is 0.844 bits per heavy atom. The summed E-state index contributed by atoms with van der Waals surface area (Å²) in [6.07, 6.45) is 7.67. The molecule has 0 fully saturated rings. The maximum atomic E-state index is 13.2. The Balaban J connectivity index is 0.00000150. The zero-order valence-corrected chi connectivity index (χ0v) is 31.2.